The fourth-order valence-corrected chi connectivity index (χ4v) is 20.3. The Morgan fingerprint density at radius 1 is 0.846 bits per heavy atom. The molecule has 26 heavy (non-hydrogen) atoms. The van der Waals surface area contributed by atoms with Crippen molar-refractivity contribution in [3.63, 3.8) is 0 Å². The van der Waals surface area contributed by atoms with Gasteiger partial charge < -0.3 is 0 Å². The van der Waals surface area contributed by atoms with Crippen molar-refractivity contribution in [2.45, 2.75) is 119 Å². The van der Waals surface area contributed by atoms with E-state index in [0.717, 1.165) is 0 Å². The summed E-state index contributed by atoms with van der Waals surface area (Å²) in [7, 11) is -1.13. The van der Waals surface area contributed by atoms with Crippen LogP contribution in [-0.2, 0) is 0 Å². The Bertz CT molecular complexity index is 381. The first-order valence-corrected chi connectivity index (χ1v) is 22.8. The fourth-order valence-electron chi connectivity index (χ4n) is 4.05. The van der Waals surface area contributed by atoms with E-state index in [-0.39, 0.29) is 0 Å². The van der Waals surface area contributed by atoms with E-state index in [1.54, 1.807) is 18.5 Å². The Morgan fingerprint density at radius 2 is 1.31 bits per heavy atom. The van der Waals surface area contributed by atoms with Gasteiger partial charge in [0, 0.05) is 0 Å². The van der Waals surface area contributed by atoms with Crippen molar-refractivity contribution < 1.29 is 0 Å². The Balaban J connectivity index is 5.12. The maximum absolute atomic E-state index is 2.86. The van der Waals surface area contributed by atoms with Crippen LogP contribution in [0.4, 0.5) is 0 Å². The van der Waals surface area contributed by atoms with Crippen LogP contribution in [0.5, 0.6) is 0 Å². The van der Waals surface area contributed by atoms with Crippen LogP contribution in [0, 0.1) is 5.92 Å². The molecule has 154 valence electrons. The summed E-state index contributed by atoms with van der Waals surface area (Å²) in [5, 5.41) is 1.76. The molecule has 0 unspecified atom stereocenters. The van der Waals surface area contributed by atoms with Gasteiger partial charge >= 0.3 is 173 Å². The van der Waals surface area contributed by atoms with Gasteiger partial charge in [0.25, 0.3) is 0 Å². The van der Waals surface area contributed by atoms with Gasteiger partial charge in [0.05, 0.1) is 0 Å². The van der Waals surface area contributed by atoms with E-state index in [9.17, 15) is 0 Å². The number of hydrogen-bond acceptors (Lipinski definition) is 0. The van der Waals surface area contributed by atoms with Gasteiger partial charge in [-0.15, -0.1) is 0 Å². The van der Waals surface area contributed by atoms with Gasteiger partial charge in [0.1, 0.15) is 0 Å². The average molecular weight is 485 g/mol. The first-order valence-electron chi connectivity index (χ1n) is 11.6. The molecule has 0 fully saturated rings. The second kappa shape index (κ2) is 14.5. The van der Waals surface area contributed by atoms with Gasteiger partial charge in [-0.3, -0.25) is 0 Å². The van der Waals surface area contributed by atoms with Crippen molar-refractivity contribution in [2.75, 3.05) is 0 Å². The van der Waals surface area contributed by atoms with Crippen LogP contribution < -0.4 is 0 Å². The second-order valence-corrected chi connectivity index (χ2v) is 27.7. The maximum atomic E-state index is 2.86. The molecule has 0 spiro atoms. The molecule has 0 N–H and O–H groups in total. The van der Waals surface area contributed by atoms with Crippen LogP contribution in [0.3, 0.4) is 0 Å². The third kappa shape index (κ3) is 11.4. The topological polar surface area (TPSA) is 0 Å². The summed E-state index contributed by atoms with van der Waals surface area (Å²) in [5.41, 5.74) is 0. The van der Waals surface area contributed by atoms with Gasteiger partial charge in [-0.05, 0) is 0 Å². The molecule has 0 amide bonds. The molecule has 0 radical (unpaired) electrons. The molecule has 2 heteroatoms. The fraction of sp³-hybridized carbons (Fsp3) is 0.833. The zero-order valence-corrected chi connectivity index (χ0v) is 23.4. The van der Waals surface area contributed by atoms with Crippen LogP contribution in [0.2, 0.25) is 33.0 Å². The van der Waals surface area contributed by atoms with Crippen molar-refractivity contribution in [3.8, 4) is 0 Å². The standard InChI is InChI=1S/C12H23Si.3C4H9.Sn/c1-7-9-11(3)10-12(8-2)13(4,5)6;3*1-3-4-2;/h1,7,10-11H,8-9H2,2-6H3;3*1,3-4H2,2H3;/b7-1?,12-10-;;;;/t11-;;;;/m1..../s1. The van der Waals surface area contributed by atoms with Crippen LogP contribution in [-0.4, -0.2) is 26.5 Å². The predicted molar refractivity (Wildman–Crippen MR) is 130 cm³/mol. The monoisotopic (exact) mass is 486 g/mol. The van der Waals surface area contributed by atoms with Crippen LogP contribution in [0.1, 0.15) is 86.0 Å². The van der Waals surface area contributed by atoms with E-state index < -0.39 is 26.5 Å². The van der Waals surface area contributed by atoms with Crippen molar-refractivity contribution in [1.29, 1.82) is 0 Å². The van der Waals surface area contributed by atoms with Crippen LogP contribution >= 0.6 is 0 Å². The molecule has 0 aliphatic carbocycles. The predicted octanol–water partition coefficient (Wildman–Crippen LogP) is 9.17. The number of unbranched alkanes of at least 4 members (excludes halogenated alkanes) is 3. The molecular weight excluding hydrogens is 435 g/mol. The summed E-state index contributed by atoms with van der Waals surface area (Å²) in [4.78, 5) is 0. The van der Waals surface area contributed by atoms with Gasteiger partial charge in [-0.1, -0.05) is 0 Å². The van der Waals surface area contributed by atoms with E-state index in [1.807, 2.05) is 0 Å². The van der Waals surface area contributed by atoms with Gasteiger partial charge in [-0.25, -0.2) is 0 Å². The molecule has 0 aromatic carbocycles. The van der Waals surface area contributed by atoms with Crippen LogP contribution in [0.15, 0.2) is 21.4 Å². The second-order valence-electron chi connectivity index (χ2n) is 9.58. The molecule has 0 aliphatic heterocycles. The molecule has 0 saturated heterocycles. The van der Waals surface area contributed by atoms with Crippen molar-refractivity contribution in [2.24, 2.45) is 5.92 Å². The Labute approximate surface area is 172 Å². The van der Waals surface area contributed by atoms with Gasteiger partial charge in [0.2, 0.25) is 0 Å². The molecule has 0 aromatic rings. The molecule has 0 aromatic heterocycles. The molecular formula is C24H50SiSn. The summed E-state index contributed by atoms with van der Waals surface area (Å²) in [6.45, 7) is 19.4. The van der Waals surface area contributed by atoms with Crippen molar-refractivity contribution in [1.82, 2.24) is 0 Å². The summed E-state index contributed by atoms with van der Waals surface area (Å²) in [6.07, 6.45) is 16.3. The van der Waals surface area contributed by atoms with E-state index in [4.69, 9.17) is 0 Å². The minimum atomic E-state index is -2.06. The quantitative estimate of drug-likeness (QED) is 0.203. The van der Waals surface area contributed by atoms with Gasteiger partial charge in [0.15, 0.2) is 0 Å². The van der Waals surface area contributed by atoms with Crippen molar-refractivity contribution >= 4 is 26.5 Å². The Kier molecular flexibility index (Phi) is 14.8. The average Bonchev–Trinajstić information content (AvgIpc) is 2.59. The van der Waals surface area contributed by atoms with Gasteiger partial charge in [-0.2, -0.15) is 0 Å². The van der Waals surface area contributed by atoms with E-state index in [1.165, 1.54) is 51.4 Å². The summed E-state index contributed by atoms with van der Waals surface area (Å²) in [6, 6.07) is 0. The van der Waals surface area contributed by atoms with E-state index in [0.29, 0.717) is 5.92 Å². The van der Waals surface area contributed by atoms with E-state index >= 15 is 0 Å². The summed E-state index contributed by atoms with van der Waals surface area (Å²) >= 11 is -2.06. The van der Waals surface area contributed by atoms with Crippen LogP contribution in [0.25, 0.3) is 0 Å². The van der Waals surface area contributed by atoms with Crippen molar-refractivity contribution in [3.05, 3.63) is 21.4 Å². The van der Waals surface area contributed by atoms with E-state index in [2.05, 4.69) is 70.5 Å². The SMILES string of the molecule is CCC[CH2][Sn](/[CH]=C/C[C@@H](C)/C=C(/CC)[Si](C)(C)C)([CH2]CCC)[CH2]CCC. The molecule has 0 aliphatic rings. The Hall–Kier alpha value is 0.496. The molecule has 1 atom stereocenters. The molecule has 0 saturated carbocycles. The third-order valence-corrected chi connectivity index (χ3v) is 22.6. The first-order chi connectivity index (χ1) is 12.2. The Morgan fingerprint density at radius 3 is 1.65 bits per heavy atom. The molecule has 0 bridgehead atoms. The number of hydrogen-bond donors (Lipinski definition) is 0. The summed E-state index contributed by atoms with van der Waals surface area (Å²) < 4.78 is 7.66. The minimum absolute atomic E-state index is 0.709. The zero-order chi connectivity index (χ0) is 20.1. The zero-order valence-electron chi connectivity index (χ0n) is 19.6. The molecule has 0 heterocycles. The molecule has 0 nitrogen and oxygen atoms in total. The third-order valence-electron chi connectivity index (χ3n) is 5.89. The number of rotatable bonds is 15. The first kappa shape index (κ1) is 26.5. The summed E-state index contributed by atoms with van der Waals surface area (Å²) in [5.74, 6) is 0.709. The number of allylic oxidation sites excluding steroid dienone is 3. The normalized spacial score (nSPS) is 15.0. The molecule has 0 rings (SSSR count).